The van der Waals surface area contributed by atoms with Crippen LogP contribution in [0.15, 0.2) is 18.2 Å². The Morgan fingerprint density at radius 3 is 2.67 bits per heavy atom. The molecule has 0 spiro atoms. The van der Waals surface area contributed by atoms with Crippen LogP contribution in [0.5, 0.6) is 0 Å². The summed E-state index contributed by atoms with van der Waals surface area (Å²) in [5.74, 6) is 1.54. The first-order chi connectivity index (χ1) is 11.6. The van der Waals surface area contributed by atoms with Gasteiger partial charge in [-0.1, -0.05) is 6.07 Å². The Hall–Kier alpha value is -1.88. The van der Waals surface area contributed by atoms with E-state index in [0.717, 1.165) is 62.4 Å². The predicted molar refractivity (Wildman–Crippen MR) is 96.8 cm³/mol. The standard InChI is InChI=1S/C19H28N4O/c1-4-23(5-2)19(24)15-8-10-22(11-9-15)13-18-20-16-7-6-14(3)12-17(16)21-18/h6-7,12,15H,4-5,8-11,13H2,1-3H3,(H,20,21). The maximum absolute atomic E-state index is 12.5. The van der Waals surface area contributed by atoms with Crippen LogP contribution in [-0.4, -0.2) is 51.9 Å². The molecule has 0 atom stereocenters. The molecule has 1 aromatic carbocycles. The van der Waals surface area contributed by atoms with Crippen LogP contribution in [0.25, 0.3) is 11.0 Å². The van der Waals surface area contributed by atoms with E-state index in [1.54, 1.807) is 0 Å². The average molecular weight is 328 g/mol. The molecule has 5 nitrogen and oxygen atoms in total. The highest BCUT2D eigenvalue weighted by Gasteiger charge is 2.27. The molecular formula is C19H28N4O. The van der Waals surface area contributed by atoms with E-state index in [4.69, 9.17) is 0 Å². The number of aromatic nitrogens is 2. The van der Waals surface area contributed by atoms with Gasteiger partial charge < -0.3 is 9.88 Å². The van der Waals surface area contributed by atoms with Crippen LogP contribution in [0.4, 0.5) is 0 Å². The number of nitrogens with zero attached hydrogens (tertiary/aromatic N) is 3. The molecule has 0 unspecified atom stereocenters. The van der Waals surface area contributed by atoms with Crippen LogP contribution in [0, 0.1) is 12.8 Å². The van der Waals surface area contributed by atoms with Crippen molar-refractivity contribution in [2.24, 2.45) is 5.92 Å². The van der Waals surface area contributed by atoms with Crippen LogP contribution in [0.2, 0.25) is 0 Å². The molecule has 130 valence electrons. The second-order valence-corrected chi connectivity index (χ2v) is 6.77. The van der Waals surface area contributed by atoms with Crippen molar-refractivity contribution >= 4 is 16.9 Å². The molecule has 1 N–H and O–H groups in total. The van der Waals surface area contributed by atoms with Crippen LogP contribution in [0.3, 0.4) is 0 Å². The number of hydrogen-bond donors (Lipinski definition) is 1. The molecule has 1 amide bonds. The lowest BCUT2D eigenvalue weighted by Crippen LogP contribution is -2.42. The number of H-pyrrole nitrogens is 1. The second-order valence-electron chi connectivity index (χ2n) is 6.77. The number of piperidine rings is 1. The van der Waals surface area contributed by atoms with E-state index >= 15 is 0 Å². The zero-order valence-electron chi connectivity index (χ0n) is 15.0. The molecule has 0 saturated carbocycles. The molecule has 0 radical (unpaired) electrons. The van der Waals surface area contributed by atoms with Crippen LogP contribution in [-0.2, 0) is 11.3 Å². The highest BCUT2D eigenvalue weighted by atomic mass is 16.2. The monoisotopic (exact) mass is 328 g/mol. The Morgan fingerprint density at radius 2 is 2.00 bits per heavy atom. The number of amides is 1. The molecule has 1 aromatic heterocycles. The fourth-order valence-electron chi connectivity index (χ4n) is 3.59. The van der Waals surface area contributed by atoms with E-state index in [9.17, 15) is 4.79 Å². The molecule has 2 heterocycles. The van der Waals surface area contributed by atoms with E-state index in [0.29, 0.717) is 5.91 Å². The van der Waals surface area contributed by atoms with Gasteiger partial charge in [0.1, 0.15) is 5.82 Å². The first kappa shape index (κ1) is 17.0. The lowest BCUT2D eigenvalue weighted by Gasteiger charge is -2.33. The summed E-state index contributed by atoms with van der Waals surface area (Å²) >= 11 is 0. The summed E-state index contributed by atoms with van der Waals surface area (Å²) < 4.78 is 0. The molecule has 3 rings (SSSR count). The topological polar surface area (TPSA) is 52.2 Å². The molecular weight excluding hydrogens is 300 g/mol. The van der Waals surface area contributed by atoms with E-state index in [-0.39, 0.29) is 5.92 Å². The maximum atomic E-state index is 12.5. The first-order valence-corrected chi connectivity index (χ1v) is 9.07. The third-order valence-electron chi connectivity index (χ3n) is 5.07. The van der Waals surface area contributed by atoms with Gasteiger partial charge in [-0.2, -0.15) is 0 Å². The average Bonchev–Trinajstić information content (AvgIpc) is 2.97. The predicted octanol–water partition coefficient (Wildman–Crippen LogP) is 2.95. The van der Waals surface area contributed by atoms with Gasteiger partial charge in [-0.25, -0.2) is 4.98 Å². The van der Waals surface area contributed by atoms with Gasteiger partial charge >= 0.3 is 0 Å². The zero-order valence-corrected chi connectivity index (χ0v) is 15.0. The van der Waals surface area contributed by atoms with E-state index < -0.39 is 0 Å². The minimum Gasteiger partial charge on any atom is -0.343 e. The van der Waals surface area contributed by atoms with Crippen LogP contribution >= 0.6 is 0 Å². The molecule has 0 aliphatic carbocycles. The fraction of sp³-hybridized carbons (Fsp3) is 0.579. The van der Waals surface area contributed by atoms with Crippen molar-refractivity contribution < 1.29 is 4.79 Å². The van der Waals surface area contributed by atoms with E-state index in [2.05, 4.69) is 53.8 Å². The van der Waals surface area contributed by atoms with Gasteiger partial charge in [0.2, 0.25) is 5.91 Å². The lowest BCUT2D eigenvalue weighted by atomic mass is 9.95. The summed E-state index contributed by atoms with van der Waals surface area (Å²) in [7, 11) is 0. The highest BCUT2D eigenvalue weighted by molar-refractivity contribution is 5.79. The van der Waals surface area contributed by atoms with Crippen molar-refractivity contribution in [3.05, 3.63) is 29.6 Å². The third-order valence-corrected chi connectivity index (χ3v) is 5.07. The number of rotatable bonds is 5. The summed E-state index contributed by atoms with van der Waals surface area (Å²) in [6.07, 6.45) is 1.91. The Balaban J connectivity index is 1.57. The zero-order chi connectivity index (χ0) is 17.1. The molecule has 2 aromatic rings. The molecule has 1 aliphatic rings. The van der Waals surface area contributed by atoms with Crippen molar-refractivity contribution in [2.45, 2.75) is 40.2 Å². The number of nitrogens with one attached hydrogen (secondary N) is 1. The number of aryl methyl sites for hydroxylation is 1. The fourth-order valence-corrected chi connectivity index (χ4v) is 3.59. The van der Waals surface area contributed by atoms with Crippen molar-refractivity contribution in [1.29, 1.82) is 0 Å². The van der Waals surface area contributed by atoms with Crippen LogP contribution in [0.1, 0.15) is 38.1 Å². The van der Waals surface area contributed by atoms with Gasteiger partial charge in [0.15, 0.2) is 0 Å². The Bertz CT molecular complexity index is 696. The van der Waals surface area contributed by atoms with Gasteiger partial charge in [-0.05, 0) is 64.4 Å². The van der Waals surface area contributed by atoms with Gasteiger partial charge in [0.05, 0.1) is 17.6 Å². The smallest absolute Gasteiger partial charge is 0.225 e. The molecule has 24 heavy (non-hydrogen) atoms. The summed E-state index contributed by atoms with van der Waals surface area (Å²) in [6, 6.07) is 6.30. The number of fused-ring (bicyclic) bond motifs is 1. The van der Waals surface area contributed by atoms with Crippen molar-refractivity contribution in [3.8, 4) is 0 Å². The molecule has 1 saturated heterocycles. The number of carbonyl (C=O) groups excluding carboxylic acids is 1. The summed E-state index contributed by atoms with van der Waals surface area (Å²) in [4.78, 5) is 24.9. The summed E-state index contributed by atoms with van der Waals surface area (Å²) in [5, 5.41) is 0. The Morgan fingerprint density at radius 1 is 1.29 bits per heavy atom. The van der Waals surface area contributed by atoms with Gasteiger partial charge in [-0.3, -0.25) is 9.69 Å². The first-order valence-electron chi connectivity index (χ1n) is 9.07. The normalized spacial score (nSPS) is 16.6. The Labute approximate surface area is 144 Å². The number of carbonyl (C=O) groups is 1. The molecule has 5 heteroatoms. The highest BCUT2D eigenvalue weighted by Crippen LogP contribution is 2.21. The number of benzene rings is 1. The van der Waals surface area contributed by atoms with E-state index in [1.807, 2.05) is 4.90 Å². The van der Waals surface area contributed by atoms with Crippen molar-refractivity contribution in [3.63, 3.8) is 0 Å². The molecule has 1 aliphatic heterocycles. The third kappa shape index (κ3) is 3.61. The van der Waals surface area contributed by atoms with Gasteiger partial charge in [0.25, 0.3) is 0 Å². The minimum atomic E-state index is 0.194. The second kappa shape index (κ2) is 7.34. The molecule has 0 bridgehead atoms. The number of imidazole rings is 1. The van der Waals surface area contributed by atoms with E-state index in [1.165, 1.54) is 5.56 Å². The van der Waals surface area contributed by atoms with Gasteiger partial charge in [0, 0.05) is 19.0 Å². The largest absolute Gasteiger partial charge is 0.343 e. The summed E-state index contributed by atoms with van der Waals surface area (Å²) in [6.45, 7) is 10.6. The maximum Gasteiger partial charge on any atom is 0.225 e. The lowest BCUT2D eigenvalue weighted by molar-refractivity contribution is -0.136. The quantitative estimate of drug-likeness (QED) is 0.918. The Kier molecular flexibility index (Phi) is 5.19. The molecule has 1 fully saturated rings. The van der Waals surface area contributed by atoms with Crippen molar-refractivity contribution in [2.75, 3.05) is 26.2 Å². The minimum absolute atomic E-state index is 0.194. The van der Waals surface area contributed by atoms with Gasteiger partial charge in [-0.15, -0.1) is 0 Å². The van der Waals surface area contributed by atoms with Crippen molar-refractivity contribution in [1.82, 2.24) is 19.8 Å². The number of likely N-dealkylation sites (tertiary alicyclic amines) is 1. The number of aromatic amines is 1. The number of hydrogen-bond acceptors (Lipinski definition) is 3. The van der Waals surface area contributed by atoms with Crippen LogP contribution < -0.4 is 0 Å². The SMILES string of the molecule is CCN(CC)C(=O)C1CCN(Cc2nc3ccc(C)cc3[nH]2)CC1. The summed E-state index contributed by atoms with van der Waals surface area (Å²) in [5.41, 5.74) is 3.38.